The molecule has 0 amide bonds. The lowest BCUT2D eigenvalue weighted by atomic mass is 9.93. The molecule has 19 heavy (non-hydrogen) atoms. The van der Waals surface area contributed by atoms with Crippen LogP contribution < -0.4 is 5.73 Å². The molecule has 102 valence electrons. The van der Waals surface area contributed by atoms with Gasteiger partial charge in [0.05, 0.1) is 10.7 Å². The number of thiazole rings is 1. The highest BCUT2D eigenvalue weighted by Gasteiger charge is 2.17. The van der Waals surface area contributed by atoms with E-state index in [9.17, 15) is 0 Å². The molecule has 1 heterocycles. The van der Waals surface area contributed by atoms with Gasteiger partial charge in [-0.15, -0.1) is 11.3 Å². The molecule has 0 aliphatic rings. The Balaban J connectivity index is 2.11. The first-order valence-corrected chi connectivity index (χ1v) is 7.53. The first-order chi connectivity index (χ1) is 8.86. The molecule has 0 saturated heterocycles. The Morgan fingerprint density at radius 3 is 2.32 bits per heavy atom. The summed E-state index contributed by atoms with van der Waals surface area (Å²) in [5.74, 6) is 0. The molecule has 1 unspecified atom stereocenters. The summed E-state index contributed by atoms with van der Waals surface area (Å²) in [6, 6.07) is 8.62. The van der Waals surface area contributed by atoms with Gasteiger partial charge >= 0.3 is 0 Å². The number of nitrogens with two attached hydrogens (primary N) is 1. The third-order valence-corrected chi connectivity index (χ3v) is 4.03. The van der Waals surface area contributed by atoms with E-state index in [1.165, 1.54) is 21.8 Å². The third kappa shape index (κ3) is 3.64. The quantitative estimate of drug-likeness (QED) is 0.917. The first kappa shape index (κ1) is 14.2. The summed E-state index contributed by atoms with van der Waals surface area (Å²) in [7, 11) is 0. The molecule has 0 bridgehead atoms. The monoisotopic (exact) mass is 274 g/mol. The van der Waals surface area contributed by atoms with Crippen molar-refractivity contribution in [3.8, 4) is 0 Å². The molecule has 1 atom stereocenters. The zero-order chi connectivity index (χ0) is 14.0. The Bertz CT molecular complexity index is 533. The summed E-state index contributed by atoms with van der Waals surface area (Å²) in [5.41, 5.74) is 9.64. The van der Waals surface area contributed by atoms with Crippen molar-refractivity contribution in [3.05, 3.63) is 51.5 Å². The van der Waals surface area contributed by atoms with Crippen LogP contribution in [0.25, 0.3) is 0 Å². The fourth-order valence-corrected chi connectivity index (χ4v) is 2.91. The average molecular weight is 274 g/mol. The van der Waals surface area contributed by atoms with Crippen molar-refractivity contribution in [1.29, 1.82) is 0 Å². The molecule has 0 spiro atoms. The van der Waals surface area contributed by atoms with Gasteiger partial charge in [0.15, 0.2) is 0 Å². The summed E-state index contributed by atoms with van der Waals surface area (Å²) < 4.78 is 0. The minimum atomic E-state index is 0.0985. The van der Waals surface area contributed by atoms with Gasteiger partial charge in [-0.1, -0.05) is 45.0 Å². The largest absolute Gasteiger partial charge is 0.324 e. The molecular formula is C16H22N2S. The number of hydrogen-bond acceptors (Lipinski definition) is 3. The van der Waals surface area contributed by atoms with Gasteiger partial charge < -0.3 is 5.73 Å². The Kier molecular flexibility index (Phi) is 4.07. The van der Waals surface area contributed by atoms with Gasteiger partial charge in [0.1, 0.15) is 0 Å². The molecule has 2 rings (SSSR count). The van der Waals surface area contributed by atoms with Crippen LogP contribution in [0.15, 0.2) is 29.6 Å². The second-order valence-electron chi connectivity index (χ2n) is 6.08. The van der Waals surface area contributed by atoms with E-state index < -0.39 is 0 Å². The smallest absolute Gasteiger partial charge is 0.0972 e. The van der Waals surface area contributed by atoms with E-state index in [-0.39, 0.29) is 11.5 Å². The molecule has 0 aliphatic carbocycles. The summed E-state index contributed by atoms with van der Waals surface area (Å²) >= 11 is 1.75. The number of aromatic nitrogens is 1. The minimum Gasteiger partial charge on any atom is -0.324 e. The molecule has 1 aromatic carbocycles. The van der Waals surface area contributed by atoms with E-state index in [1.807, 2.05) is 6.92 Å². The van der Waals surface area contributed by atoms with Gasteiger partial charge in [-0.05, 0) is 18.1 Å². The van der Waals surface area contributed by atoms with Crippen LogP contribution in [0.2, 0.25) is 0 Å². The summed E-state index contributed by atoms with van der Waals surface area (Å²) in [4.78, 5) is 4.73. The predicted octanol–water partition coefficient (Wildman–Crippen LogP) is 4.05. The Hall–Kier alpha value is -1.19. The van der Waals surface area contributed by atoms with Crippen molar-refractivity contribution in [2.45, 2.75) is 45.6 Å². The van der Waals surface area contributed by atoms with Gasteiger partial charge in [0.25, 0.3) is 0 Å². The van der Waals surface area contributed by atoms with Gasteiger partial charge in [-0.25, -0.2) is 4.98 Å². The number of hydrogen-bond donors (Lipinski definition) is 1. The number of nitrogens with zero attached hydrogens (tertiary/aromatic N) is 1. The maximum atomic E-state index is 5.86. The lowest BCUT2D eigenvalue weighted by Gasteiger charge is -2.14. The van der Waals surface area contributed by atoms with E-state index in [4.69, 9.17) is 10.7 Å². The predicted molar refractivity (Wildman–Crippen MR) is 82.7 cm³/mol. The van der Waals surface area contributed by atoms with Crippen LogP contribution in [0.1, 0.15) is 55.6 Å². The van der Waals surface area contributed by atoms with Crippen LogP contribution in [0, 0.1) is 0 Å². The minimum absolute atomic E-state index is 0.0985. The Morgan fingerprint density at radius 1 is 1.21 bits per heavy atom. The lowest BCUT2D eigenvalue weighted by molar-refractivity contribution is 0.571. The zero-order valence-electron chi connectivity index (χ0n) is 12.1. The van der Waals surface area contributed by atoms with Crippen LogP contribution in [-0.2, 0) is 11.8 Å². The van der Waals surface area contributed by atoms with Crippen molar-refractivity contribution in [2.75, 3.05) is 0 Å². The van der Waals surface area contributed by atoms with E-state index in [0.717, 1.165) is 6.42 Å². The molecular weight excluding hydrogens is 252 g/mol. The van der Waals surface area contributed by atoms with Gasteiger partial charge in [-0.2, -0.15) is 0 Å². The van der Waals surface area contributed by atoms with Crippen molar-refractivity contribution >= 4 is 11.3 Å². The van der Waals surface area contributed by atoms with Gasteiger partial charge in [-0.3, -0.25) is 0 Å². The van der Waals surface area contributed by atoms with Gasteiger partial charge in [0.2, 0.25) is 0 Å². The zero-order valence-corrected chi connectivity index (χ0v) is 12.9. The van der Waals surface area contributed by atoms with Crippen LogP contribution in [0.5, 0.6) is 0 Å². The highest BCUT2D eigenvalue weighted by molar-refractivity contribution is 7.09. The number of rotatable bonds is 3. The molecule has 2 aromatic rings. The summed E-state index contributed by atoms with van der Waals surface area (Å²) in [6.07, 6.45) is 0.903. The van der Waals surface area contributed by atoms with Crippen molar-refractivity contribution < 1.29 is 0 Å². The molecule has 3 heteroatoms. The second kappa shape index (κ2) is 5.43. The van der Waals surface area contributed by atoms with Crippen molar-refractivity contribution in [1.82, 2.24) is 4.98 Å². The SMILES string of the molecule is CC(N)c1ccc(Cc2nc(C(C)(C)C)cs2)cc1. The molecule has 1 aromatic heterocycles. The fourth-order valence-electron chi connectivity index (χ4n) is 1.85. The standard InChI is InChI=1S/C16H22N2S/c1-11(17)13-7-5-12(6-8-13)9-15-18-14(10-19-15)16(2,3)4/h5-8,10-11H,9,17H2,1-4H3. The van der Waals surface area contributed by atoms with Crippen LogP contribution in [0.4, 0.5) is 0 Å². The van der Waals surface area contributed by atoms with E-state index >= 15 is 0 Å². The van der Waals surface area contributed by atoms with E-state index in [0.29, 0.717) is 0 Å². The van der Waals surface area contributed by atoms with Crippen LogP contribution in [0.3, 0.4) is 0 Å². The van der Waals surface area contributed by atoms with Crippen LogP contribution >= 0.6 is 11.3 Å². The lowest BCUT2D eigenvalue weighted by Crippen LogP contribution is -2.11. The molecule has 0 aliphatic heterocycles. The van der Waals surface area contributed by atoms with Crippen LogP contribution in [-0.4, -0.2) is 4.98 Å². The Morgan fingerprint density at radius 2 is 1.84 bits per heavy atom. The van der Waals surface area contributed by atoms with Crippen molar-refractivity contribution in [3.63, 3.8) is 0 Å². The fraction of sp³-hybridized carbons (Fsp3) is 0.438. The first-order valence-electron chi connectivity index (χ1n) is 6.65. The summed E-state index contributed by atoms with van der Waals surface area (Å²) in [6.45, 7) is 8.60. The van der Waals surface area contributed by atoms with E-state index in [1.54, 1.807) is 11.3 Å². The third-order valence-electron chi connectivity index (χ3n) is 3.18. The summed E-state index contributed by atoms with van der Waals surface area (Å²) in [5, 5.41) is 3.35. The molecule has 0 radical (unpaired) electrons. The molecule has 2 nitrogen and oxygen atoms in total. The molecule has 0 fully saturated rings. The normalized spacial score (nSPS) is 13.5. The highest BCUT2D eigenvalue weighted by atomic mass is 32.1. The number of benzene rings is 1. The van der Waals surface area contributed by atoms with Gasteiger partial charge in [0, 0.05) is 23.3 Å². The maximum absolute atomic E-state index is 5.86. The van der Waals surface area contributed by atoms with E-state index in [2.05, 4.69) is 50.4 Å². The highest BCUT2D eigenvalue weighted by Crippen LogP contribution is 2.25. The second-order valence-corrected chi connectivity index (χ2v) is 7.03. The topological polar surface area (TPSA) is 38.9 Å². The Labute approximate surface area is 119 Å². The maximum Gasteiger partial charge on any atom is 0.0972 e. The van der Waals surface area contributed by atoms with Crippen molar-refractivity contribution in [2.24, 2.45) is 5.73 Å². The molecule has 2 N–H and O–H groups in total. The molecule has 0 saturated carbocycles. The average Bonchev–Trinajstić information content (AvgIpc) is 2.78.